The van der Waals surface area contributed by atoms with E-state index in [1.165, 1.54) is 14.9 Å². The van der Waals surface area contributed by atoms with Crippen LogP contribution in [0.3, 0.4) is 0 Å². The second-order valence-electron chi connectivity index (χ2n) is 8.00. The molecule has 2 aromatic carbocycles. The van der Waals surface area contributed by atoms with E-state index >= 15 is 0 Å². The average Bonchev–Trinajstić information content (AvgIpc) is 2.96. The van der Waals surface area contributed by atoms with Gasteiger partial charge in [0.05, 0.1) is 15.9 Å². The first-order valence-corrected chi connectivity index (χ1v) is 12.4. The summed E-state index contributed by atoms with van der Waals surface area (Å²) < 4.78 is 30.7. The minimum atomic E-state index is -3.61. The van der Waals surface area contributed by atoms with Gasteiger partial charge >= 0.3 is 5.69 Å². The summed E-state index contributed by atoms with van der Waals surface area (Å²) in [6.07, 6.45) is 3.79. The van der Waals surface area contributed by atoms with Crippen LogP contribution in [0, 0.1) is 0 Å². The zero-order valence-corrected chi connectivity index (χ0v) is 19.0. The van der Waals surface area contributed by atoms with Crippen LogP contribution < -0.4 is 11.0 Å². The fourth-order valence-electron chi connectivity index (χ4n) is 4.24. The minimum absolute atomic E-state index is 0.157. The van der Waals surface area contributed by atoms with Gasteiger partial charge in [-0.05, 0) is 50.1 Å². The van der Waals surface area contributed by atoms with E-state index in [1.807, 2.05) is 31.2 Å². The number of benzene rings is 2. The van der Waals surface area contributed by atoms with Crippen molar-refractivity contribution >= 4 is 32.7 Å². The summed E-state index contributed by atoms with van der Waals surface area (Å²) in [7, 11) is -3.61. The summed E-state index contributed by atoms with van der Waals surface area (Å²) >= 11 is 0. The molecule has 0 radical (unpaired) electrons. The standard InChI is InChI=1S/C23H28N4O4S/c1-2-26-20-12-5-6-13-21(20)27(23(26)29)17-22(28)24-18-10-9-11-19(16-18)32(30,31)25-14-7-3-4-8-15-25/h5-6,9-13,16H,2-4,7-8,14-15,17H2,1H3,(H,24,28). The van der Waals surface area contributed by atoms with Crippen molar-refractivity contribution in [3.63, 3.8) is 0 Å². The number of hydrogen-bond donors (Lipinski definition) is 1. The zero-order valence-electron chi connectivity index (χ0n) is 18.2. The summed E-state index contributed by atoms with van der Waals surface area (Å²) in [4.78, 5) is 25.7. The molecule has 0 aliphatic carbocycles. The Kier molecular flexibility index (Phi) is 6.48. The van der Waals surface area contributed by atoms with E-state index in [2.05, 4.69) is 5.32 Å². The summed E-state index contributed by atoms with van der Waals surface area (Å²) in [5.74, 6) is -0.393. The highest BCUT2D eigenvalue weighted by Gasteiger charge is 2.25. The molecular formula is C23H28N4O4S. The van der Waals surface area contributed by atoms with E-state index in [9.17, 15) is 18.0 Å². The van der Waals surface area contributed by atoms with Gasteiger partial charge in [-0.25, -0.2) is 13.2 Å². The predicted octanol–water partition coefficient (Wildman–Crippen LogP) is 3.03. The Labute approximate surface area is 187 Å². The van der Waals surface area contributed by atoms with Crippen molar-refractivity contribution in [2.45, 2.75) is 50.6 Å². The van der Waals surface area contributed by atoms with Crippen LogP contribution in [0.4, 0.5) is 5.69 Å². The third kappa shape index (κ3) is 4.35. The summed E-state index contributed by atoms with van der Waals surface area (Å²) in [6, 6.07) is 13.6. The monoisotopic (exact) mass is 456 g/mol. The quantitative estimate of drug-likeness (QED) is 0.617. The number of aromatic nitrogens is 2. The molecule has 1 amide bonds. The molecular weight excluding hydrogens is 428 g/mol. The second-order valence-corrected chi connectivity index (χ2v) is 9.93. The summed E-state index contributed by atoms with van der Waals surface area (Å²) in [6.45, 7) is 3.26. The molecule has 1 aliphatic heterocycles. The third-order valence-electron chi connectivity index (χ3n) is 5.86. The number of carbonyl (C=O) groups excluding carboxylic acids is 1. The number of fused-ring (bicyclic) bond motifs is 1. The lowest BCUT2D eigenvalue weighted by molar-refractivity contribution is -0.116. The number of nitrogens with zero attached hydrogens (tertiary/aromatic N) is 3. The number of aryl methyl sites for hydroxylation is 1. The van der Waals surface area contributed by atoms with Gasteiger partial charge in [-0.2, -0.15) is 4.31 Å². The van der Waals surface area contributed by atoms with Gasteiger partial charge in [-0.1, -0.05) is 31.0 Å². The zero-order chi connectivity index (χ0) is 22.7. The molecule has 32 heavy (non-hydrogen) atoms. The van der Waals surface area contributed by atoms with Gasteiger partial charge < -0.3 is 5.32 Å². The Hall–Kier alpha value is -2.91. The number of hydrogen-bond acceptors (Lipinski definition) is 4. The number of rotatable bonds is 6. The summed E-state index contributed by atoms with van der Waals surface area (Å²) in [5, 5.41) is 2.75. The van der Waals surface area contributed by atoms with E-state index in [4.69, 9.17) is 0 Å². The molecule has 1 fully saturated rings. The Balaban J connectivity index is 1.55. The number of sulfonamides is 1. The normalized spacial score (nSPS) is 15.5. The highest BCUT2D eigenvalue weighted by atomic mass is 32.2. The molecule has 2 heterocycles. The van der Waals surface area contributed by atoms with Crippen LogP contribution in [0.25, 0.3) is 11.0 Å². The first-order chi connectivity index (χ1) is 15.4. The second kappa shape index (κ2) is 9.30. The molecule has 8 nitrogen and oxygen atoms in total. The molecule has 0 spiro atoms. The molecule has 0 unspecified atom stereocenters. The average molecular weight is 457 g/mol. The van der Waals surface area contributed by atoms with Crippen LogP contribution in [0.5, 0.6) is 0 Å². The maximum absolute atomic E-state index is 13.1. The van der Waals surface area contributed by atoms with Crippen LogP contribution >= 0.6 is 0 Å². The van der Waals surface area contributed by atoms with Gasteiger partial charge in [-0.15, -0.1) is 0 Å². The Morgan fingerprint density at radius 1 is 0.938 bits per heavy atom. The van der Waals surface area contributed by atoms with Crippen molar-refractivity contribution in [1.29, 1.82) is 0 Å². The Bertz CT molecular complexity index is 1280. The molecule has 0 atom stereocenters. The predicted molar refractivity (Wildman–Crippen MR) is 124 cm³/mol. The molecule has 1 saturated heterocycles. The summed E-state index contributed by atoms with van der Waals surface area (Å²) in [5.41, 5.74) is 1.60. The van der Waals surface area contributed by atoms with Crippen molar-refractivity contribution in [3.05, 3.63) is 59.0 Å². The molecule has 9 heteroatoms. The lowest BCUT2D eigenvalue weighted by atomic mass is 10.2. The van der Waals surface area contributed by atoms with E-state index in [-0.39, 0.29) is 17.1 Å². The number of amides is 1. The fourth-order valence-corrected chi connectivity index (χ4v) is 5.80. The first kappa shape index (κ1) is 22.3. The number of para-hydroxylation sites is 2. The number of anilines is 1. The largest absolute Gasteiger partial charge is 0.329 e. The highest BCUT2D eigenvalue weighted by molar-refractivity contribution is 7.89. The molecule has 1 aliphatic rings. The molecule has 3 aromatic rings. The number of nitrogens with one attached hydrogen (secondary N) is 1. The van der Waals surface area contributed by atoms with Gasteiger partial charge in [0.15, 0.2) is 0 Å². The van der Waals surface area contributed by atoms with Crippen LogP contribution in [0.2, 0.25) is 0 Å². The SMILES string of the molecule is CCn1c(=O)n(CC(=O)Nc2cccc(S(=O)(=O)N3CCCCCC3)c2)c2ccccc21. The fraction of sp³-hybridized carbons (Fsp3) is 0.391. The van der Waals surface area contributed by atoms with Crippen LogP contribution in [0.1, 0.15) is 32.6 Å². The van der Waals surface area contributed by atoms with Crippen LogP contribution in [0.15, 0.2) is 58.2 Å². The van der Waals surface area contributed by atoms with Crippen molar-refractivity contribution in [2.75, 3.05) is 18.4 Å². The molecule has 1 N–H and O–H groups in total. The Morgan fingerprint density at radius 2 is 1.59 bits per heavy atom. The first-order valence-electron chi connectivity index (χ1n) is 11.0. The third-order valence-corrected chi connectivity index (χ3v) is 7.76. The van der Waals surface area contributed by atoms with E-state index in [0.29, 0.717) is 30.8 Å². The van der Waals surface area contributed by atoms with Gasteiger partial charge in [0.25, 0.3) is 0 Å². The smallest absolute Gasteiger partial charge is 0.324 e. The van der Waals surface area contributed by atoms with Gasteiger partial charge in [0, 0.05) is 25.3 Å². The van der Waals surface area contributed by atoms with Crippen molar-refractivity contribution in [1.82, 2.24) is 13.4 Å². The lowest BCUT2D eigenvalue weighted by Crippen LogP contribution is -2.32. The Morgan fingerprint density at radius 3 is 2.25 bits per heavy atom. The molecule has 0 bridgehead atoms. The lowest BCUT2D eigenvalue weighted by Gasteiger charge is -2.20. The maximum Gasteiger partial charge on any atom is 0.329 e. The topological polar surface area (TPSA) is 93.4 Å². The van der Waals surface area contributed by atoms with Crippen molar-refractivity contribution in [3.8, 4) is 0 Å². The molecule has 170 valence electrons. The van der Waals surface area contributed by atoms with E-state index in [1.54, 1.807) is 22.8 Å². The molecule has 4 rings (SSSR count). The van der Waals surface area contributed by atoms with Crippen LogP contribution in [-0.4, -0.2) is 40.9 Å². The van der Waals surface area contributed by atoms with Gasteiger partial charge in [0.2, 0.25) is 15.9 Å². The molecule has 1 aromatic heterocycles. The molecule has 0 saturated carbocycles. The van der Waals surface area contributed by atoms with Crippen LogP contribution in [-0.2, 0) is 27.9 Å². The maximum atomic E-state index is 13.1. The van der Waals surface area contributed by atoms with E-state index < -0.39 is 15.9 Å². The van der Waals surface area contributed by atoms with E-state index in [0.717, 1.165) is 31.2 Å². The van der Waals surface area contributed by atoms with Gasteiger partial charge in [0.1, 0.15) is 6.54 Å². The van der Waals surface area contributed by atoms with Gasteiger partial charge in [-0.3, -0.25) is 13.9 Å². The number of imidazole rings is 1. The highest BCUT2D eigenvalue weighted by Crippen LogP contribution is 2.23. The van der Waals surface area contributed by atoms with Crippen molar-refractivity contribution < 1.29 is 13.2 Å². The minimum Gasteiger partial charge on any atom is -0.324 e. The number of carbonyl (C=O) groups is 1. The van der Waals surface area contributed by atoms with Crippen molar-refractivity contribution in [2.24, 2.45) is 0 Å².